The van der Waals surface area contributed by atoms with E-state index in [0.29, 0.717) is 11.4 Å². The van der Waals surface area contributed by atoms with Crippen LogP contribution in [0.5, 0.6) is 5.75 Å². The van der Waals surface area contributed by atoms with Crippen LogP contribution in [0.15, 0.2) is 53.0 Å². The summed E-state index contributed by atoms with van der Waals surface area (Å²) in [6.07, 6.45) is 1.04. The molecule has 0 spiro atoms. The number of benzene rings is 2. The van der Waals surface area contributed by atoms with Crippen molar-refractivity contribution in [3.63, 3.8) is 0 Å². The minimum Gasteiger partial charge on any atom is -0.497 e. The smallest absolute Gasteiger partial charge is 0.244 e. The Labute approximate surface area is 191 Å². The van der Waals surface area contributed by atoms with E-state index in [-0.39, 0.29) is 12.5 Å². The number of rotatable bonds is 9. The van der Waals surface area contributed by atoms with Gasteiger partial charge in [0.05, 0.1) is 19.1 Å². The van der Waals surface area contributed by atoms with E-state index in [4.69, 9.17) is 4.74 Å². The number of amides is 2. The number of hydrogen-bond donors (Lipinski definition) is 1. The summed E-state index contributed by atoms with van der Waals surface area (Å²) in [5.41, 5.74) is 1.13. The highest BCUT2D eigenvalue weighted by molar-refractivity contribution is 9.10. The van der Waals surface area contributed by atoms with Crippen molar-refractivity contribution >= 4 is 43.5 Å². The monoisotopic (exact) mass is 511 g/mol. The molecule has 0 bridgehead atoms. The van der Waals surface area contributed by atoms with Crippen LogP contribution in [0.4, 0.5) is 5.69 Å². The number of carbonyl (C=O) groups excluding carboxylic acids is 2. The second kappa shape index (κ2) is 10.6. The molecular weight excluding hydrogens is 486 g/mol. The van der Waals surface area contributed by atoms with Gasteiger partial charge < -0.3 is 15.0 Å². The minimum absolute atomic E-state index is 0.134. The lowest BCUT2D eigenvalue weighted by Crippen LogP contribution is -2.50. The molecule has 8 nitrogen and oxygen atoms in total. The normalized spacial score (nSPS) is 12.0. The topological polar surface area (TPSA) is 96.0 Å². The Bertz CT molecular complexity index is 1010. The lowest BCUT2D eigenvalue weighted by Gasteiger charge is -2.31. The Kier molecular flexibility index (Phi) is 8.46. The highest BCUT2D eigenvalue weighted by Gasteiger charge is 2.29. The molecule has 2 aromatic rings. The summed E-state index contributed by atoms with van der Waals surface area (Å²) < 4.78 is 31.8. The second-order valence-electron chi connectivity index (χ2n) is 6.91. The fraction of sp³-hybridized carbons (Fsp3) is 0.333. The number of anilines is 1. The van der Waals surface area contributed by atoms with Gasteiger partial charge in [-0.05, 0) is 48.9 Å². The molecule has 0 fully saturated rings. The van der Waals surface area contributed by atoms with Gasteiger partial charge in [0.15, 0.2) is 0 Å². The van der Waals surface area contributed by atoms with E-state index in [1.165, 1.54) is 11.9 Å². The maximum Gasteiger partial charge on any atom is 0.244 e. The number of nitrogens with one attached hydrogen (secondary N) is 1. The van der Waals surface area contributed by atoms with E-state index in [1.54, 1.807) is 62.6 Å². The van der Waals surface area contributed by atoms with Crippen LogP contribution in [0.25, 0.3) is 0 Å². The lowest BCUT2D eigenvalue weighted by atomic mass is 10.1. The molecule has 1 N–H and O–H groups in total. The fourth-order valence-corrected chi connectivity index (χ4v) is 4.05. The molecule has 0 saturated carbocycles. The molecule has 1 unspecified atom stereocenters. The molecular formula is C21H26BrN3O5S. The molecule has 0 aliphatic rings. The molecule has 1 atom stereocenters. The molecule has 0 aliphatic carbocycles. The summed E-state index contributed by atoms with van der Waals surface area (Å²) in [6, 6.07) is 12.9. The molecule has 2 aromatic carbocycles. The largest absolute Gasteiger partial charge is 0.497 e. The number of halogens is 1. The second-order valence-corrected chi connectivity index (χ2v) is 9.73. The number of methoxy groups -OCH3 is 1. The zero-order valence-electron chi connectivity index (χ0n) is 17.8. The third-order valence-corrected chi connectivity index (χ3v) is 6.39. The van der Waals surface area contributed by atoms with Crippen LogP contribution < -0.4 is 14.4 Å². The molecule has 0 heterocycles. The van der Waals surface area contributed by atoms with E-state index in [9.17, 15) is 18.0 Å². The minimum atomic E-state index is -3.74. The maximum absolute atomic E-state index is 13.2. The molecule has 31 heavy (non-hydrogen) atoms. The number of nitrogens with zero attached hydrogens (tertiary/aromatic N) is 2. The van der Waals surface area contributed by atoms with Crippen molar-refractivity contribution in [3.8, 4) is 5.75 Å². The van der Waals surface area contributed by atoms with Crippen molar-refractivity contribution < 1.29 is 22.7 Å². The van der Waals surface area contributed by atoms with Crippen LogP contribution in [0.2, 0.25) is 0 Å². The Morgan fingerprint density at radius 3 is 2.16 bits per heavy atom. The van der Waals surface area contributed by atoms with Crippen molar-refractivity contribution in [1.82, 2.24) is 10.2 Å². The van der Waals surface area contributed by atoms with Gasteiger partial charge in [0.2, 0.25) is 21.8 Å². The van der Waals surface area contributed by atoms with Crippen LogP contribution >= 0.6 is 15.9 Å². The van der Waals surface area contributed by atoms with Crippen molar-refractivity contribution in [1.29, 1.82) is 0 Å². The van der Waals surface area contributed by atoms with Gasteiger partial charge in [-0.2, -0.15) is 0 Å². The Morgan fingerprint density at radius 1 is 1.10 bits per heavy atom. The number of ether oxygens (including phenoxy) is 1. The highest BCUT2D eigenvalue weighted by atomic mass is 79.9. The standard InChI is InChI=1S/C21H26BrN3O5S/c1-15(21(27)23-2)24(13-16-5-11-19(30-3)12-6-16)20(26)14-25(31(4,28)29)18-9-7-17(22)8-10-18/h5-12,15H,13-14H2,1-4H3,(H,23,27). The molecule has 0 saturated heterocycles. The van der Waals surface area contributed by atoms with Gasteiger partial charge in [-0.3, -0.25) is 13.9 Å². The number of sulfonamides is 1. The predicted molar refractivity (Wildman–Crippen MR) is 123 cm³/mol. The summed E-state index contributed by atoms with van der Waals surface area (Å²) in [6.45, 7) is 1.30. The number of likely N-dealkylation sites (N-methyl/N-ethyl adjacent to an activating group) is 1. The zero-order chi connectivity index (χ0) is 23.2. The molecule has 0 radical (unpaired) electrons. The lowest BCUT2D eigenvalue weighted by molar-refractivity contribution is -0.139. The van der Waals surface area contributed by atoms with E-state index in [1.807, 2.05) is 0 Å². The van der Waals surface area contributed by atoms with Crippen LogP contribution in [-0.4, -0.2) is 58.1 Å². The molecule has 10 heteroatoms. The number of hydrogen-bond acceptors (Lipinski definition) is 5. The predicted octanol–water partition coefficient (Wildman–Crippen LogP) is 2.39. The van der Waals surface area contributed by atoms with Crippen LogP contribution in [-0.2, 0) is 26.2 Å². The zero-order valence-corrected chi connectivity index (χ0v) is 20.2. The molecule has 168 valence electrons. The molecule has 0 aromatic heterocycles. The first-order chi connectivity index (χ1) is 14.6. The Hall–Kier alpha value is -2.59. The van der Waals surface area contributed by atoms with Gasteiger partial charge in [-0.25, -0.2) is 8.42 Å². The van der Waals surface area contributed by atoms with Crippen molar-refractivity contribution in [2.24, 2.45) is 0 Å². The van der Waals surface area contributed by atoms with Gasteiger partial charge in [0.25, 0.3) is 0 Å². The summed E-state index contributed by atoms with van der Waals surface area (Å²) in [5.74, 6) is -0.184. The first-order valence-electron chi connectivity index (χ1n) is 9.44. The summed E-state index contributed by atoms with van der Waals surface area (Å²) in [7, 11) is -0.698. The van der Waals surface area contributed by atoms with Gasteiger partial charge in [-0.1, -0.05) is 28.1 Å². The van der Waals surface area contributed by atoms with Crippen molar-refractivity contribution in [3.05, 3.63) is 58.6 Å². The average Bonchev–Trinajstić information content (AvgIpc) is 2.75. The van der Waals surface area contributed by atoms with Gasteiger partial charge in [0.1, 0.15) is 18.3 Å². The van der Waals surface area contributed by atoms with E-state index in [2.05, 4.69) is 21.2 Å². The van der Waals surface area contributed by atoms with E-state index >= 15 is 0 Å². The average molecular weight is 512 g/mol. The summed E-state index contributed by atoms with van der Waals surface area (Å²) >= 11 is 3.31. The SMILES string of the molecule is CNC(=O)C(C)N(Cc1ccc(OC)cc1)C(=O)CN(c1ccc(Br)cc1)S(C)(=O)=O. The van der Waals surface area contributed by atoms with Crippen LogP contribution in [0.3, 0.4) is 0 Å². The van der Waals surface area contributed by atoms with Crippen molar-refractivity contribution in [2.75, 3.05) is 31.3 Å². The van der Waals surface area contributed by atoms with Gasteiger partial charge in [-0.15, -0.1) is 0 Å². The number of carbonyl (C=O) groups is 2. The molecule has 0 aliphatic heterocycles. The quantitative estimate of drug-likeness (QED) is 0.557. The molecule has 2 rings (SSSR count). The third-order valence-electron chi connectivity index (χ3n) is 4.72. The van der Waals surface area contributed by atoms with Crippen LogP contribution in [0, 0.1) is 0 Å². The van der Waals surface area contributed by atoms with E-state index in [0.717, 1.165) is 20.6 Å². The Balaban J connectivity index is 2.34. The summed E-state index contributed by atoms with van der Waals surface area (Å²) in [4.78, 5) is 26.9. The first kappa shape index (κ1) is 24.7. The first-order valence-corrected chi connectivity index (χ1v) is 12.1. The van der Waals surface area contributed by atoms with Gasteiger partial charge in [0, 0.05) is 18.1 Å². The highest BCUT2D eigenvalue weighted by Crippen LogP contribution is 2.22. The van der Waals surface area contributed by atoms with Crippen molar-refractivity contribution in [2.45, 2.75) is 19.5 Å². The van der Waals surface area contributed by atoms with Crippen LogP contribution in [0.1, 0.15) is 12.5 Å². The summed E-state index contributed by atoms with van der Waals surface area (Å²) in [5, 5.41) is 2.54. The molecule has 2 amide bonds. The maximum atomic E-state index is 13.2. The third kappa shape index (κ3) is 6.70. The Morgan fingerprint density at radius 2 is 1.68 bits per heavy atom. The fourth-order valence-electron chi connectivity index (χ4n) is 2.94. The van der Waals surface area contributed by atoms with Gasteiger partial charge >= 0.3 is 0 Å². The van der Waals surface area contributed by atoms with E-state index < -0.39 is 28.5 Å².